The van der Waals surface area contributed by atoms with E-state index in [1.807, 2.05) is 18.2 Å². The molecular formula is C12H12N2. The minimum absolute atomic E-state index is 0.728. The van der Waals surface area contributed by atoms with Crippen LogP contribution in [0.4, 0.5) is 0 Å². The number of aryl methyl sites for hydroxylation is 2. The number of aromatic nitrogens is 1. The Balaban J connectivity index is 2.76. The van der Waals surface area contributed by atoms with Crippen LogP contribution in [0.1, 0.15) is 18.2 Å². The summed E-state index contributed by atoms with van der Waals surface area (Å²) in [4.78, 5) is 0. The fourth-order valence-corrected chi connectivity index (χ4v) is 1.90. The highest BCUT2D eigenvalue weighted by Gasteiger charge is 2.03. The summed E-state index contributed by atoms with van der Waals surface area (Å²) in [6.45, 7) is 5.20. The number of nitrogens with zero attached hydrogens (tertiary/aromatic N) is 2. The minimum Gasteiger partial charge on any atom is -0.345 e. The molecule has 0 saturated heterocycles. The maximum atomic E-state index is 8.77. The molecule has 0 N–H and O–H groups in total. The number of rotatable bonds is 1. The molecule has 2 nitrogen and oxygen atoms in total. The van der Waals surface area contributed by atoms with Crippen molar-refractivity contribution in [3.05, 3.63) is 35.5 Å². The molecule has 0 bridgehead atoms. The molecule has 2 aromatic rings. The number of nitriles is 1. The molecule has 0 spiro atoms. The van der Waals surface area contributed by atoms with Gasteiger partial charge in [-0.25, -0.2) is 0 Å². The van der Waals surface area contributed by atoms with Gasteiger partial charge in [0.15, 0.2) is 0 Å². The van der Waals surface area contributed by atoms with Crippen LogP contribution in [0, 0.1) is 18.3 Å². The van der Waals surface area contributed by atoms with Crippen LogP contribution in [0.3, 0.4) is 0 Å². The first-order valence-corrected chi connectivity index (χ1v) is 4.76. The second kappa shape index (κ2) is 3.19. The quantitative estimate of drug-likeness (QED) is 0.670. The summed E-state index contributed by atoms with van der Waals surface area (Å²) in [5.74, 6) is 0. The summed E-state index contributed by atoms with van der Waals surface area (Å²) >= 11 is 0. The molecule has 1 heterocycles. The maximum Gasteiger partial charge on any atom is 0.0991 e. The smallest absolute Gasteiger partial charge is 0.0991 e. The number of fused-ring (bicyclic) bond motifs is 1. The van der Waals surface area contributed by atoms with Crippen molar-refractivity contribution in [3.8, 4) is 6.07 Å². The van der Waals surface area contributed by atoms with Crippen molar-refractivity contribution in [2.75, 3.05) is 0 Å². The maximum absolute atomic E-state index is 8.77. The third-order valence-corrected chi connectivity index (χ3v) is 2.55. The van der Waals surface area contributed by atoms with Crippen LogP contribution in [-0.4, -0.2) is 4.57 Å². The zero-order chi connectivity index (χ0) is 10.1. The normalized spacial score (nSPS) is 10.4. The Labute approximate surface area is 83.4 Å². The van der Waals surface area contributed by atoms with E-state index >= 15 is 0 Å². The molecule has 14 heavy (non-hydrogen) atoms. The fraction of sp³-hybridized carbons (Fsp3) is 0.250. The van der Waals surface area contributed by atoms with Crippen LogP contribution >= 0.6 is 0 Å². The monoisotopic (exact) mass is 184 g/mol. The van der Waals surface area contributed by atoms with Crippen molar-refractivity contribution in [3.63, 3.8) is 0 Å². The van der Waals surface area contributed by atoms with E-state index in [0.717, 1.165) is 17.5 Å². The molecule has 0 aliphatic rings. The Morgan fingerprint density at radius 3 is 2.79 bits per heavy atom. The summed E-state index contributed by atoms with van der Waals surface area (Å²) in [6, 6.07) is 10.1. The van der Waals surface area contributed by atoms with Gasteiger partial charge < -0.3 is 4.57 Å². The summed E-state index contributed by atoms with van der Waals surface area (Å²) in [7, 11) is 0. The van der Waals surface area contributed by atoms with Gasteiger partial charge in [0.05, 0.1) is 11.6 Å². The van der Waals surface area contributed by atoms with Gasteiger partial charge in [0.1, 0.15) is 0 Å². The van der Waals surface area contributed by atoms with Crippen LogP contribution in [0.15, 0.2) is 24.3 Å². The third kappa shape index (κ3) is 1.18. The molecule has 0 saturated carbocycles. The lowest BCUT2D eigenvalue weighted by Gasteiger charge is -2.02. The second-order valence-electron chi connectivity index (χ2n) is 3.42. The van der Waals surface area contributed by atoms with Crippen molar-refractivity contribution in [1.82, 2.24) is 4.57 Å². The topological polar surface area (TPSA) is 28.7 Å². The second-order valence-corrected chi connectivity index (χ2v) is 3.42. The molecule has 0 amide bonds. The lowest BCUT2D eigenvalue weighted by Crippen LogP contribution is -1.95. The Morgan fingerprint density at radius 1 is 1.36 bits per heavy atom. The number of benzene rings is 1. The van der Waals surface area contributed by atoms with Crippen LogP contribution in [0.25, 0.3) is 10.9 Å². The zero-order valence-electron chi connectivity index (χ0n) is 8.41. The highest BCUT2D eigenvalue weighted by molar-refractivity contribution is 5.82. The predicted molar refractivity (Wildman–Crippen MR) is 57.1 cm³/mol. The Morgan fingerprint density at radius 2 is 2.14 bits per heavy atom. The van der Waals surface area contributed by atoms with E-state index in [-0.39, 0.29) is 0 Å². The molecule has 1 aromatic heterocycles. The van der Waals surface area contributed by atoms with Crippen LogP contribution in [0.5, 0.6) is 0 Å². The highest BCUT2D eigenvalue weighted by atomic mass is 15.0. The molecular weight excluding hydrogens is 172 g/mol. The van der Waals surface area contributed by atoms with Crippen molar-refractivity contribution in [2.24, 2.45) is 0 Å². The van der Waals surface area contributed by atoms with Crippen LogP contribution < -0.4 is 0 Å². The van der Waals surface area contributed by atoms with Gasteiger partial charge in [-0.2, -0.15) is 5.26 Å². The van der Waals surface area contributed by atoms with Crippen LogP contribution in [-0.2, 0) is 6.54 Å². The third-order valence-electron chi connectivity index (χ3n) is 2.55. The SMILES string of the molecule is CCn1c(C)cc2cc(C#N)ccc21. The lowest BCUT2D eigenvalue weighted by atomic mass is 10.2. The molecule has 0 atom stereocenters. The van der Waals surface area contributed by atoms with Gasteiger partial charge in [0, 0.05) is 23.1 Å². The summed E-state index contributed by atoms with van der Waals surface area (Å²) in [6.07, 6.45) is 0. The lowest BCUT2D eigenvalue weighted by molar-refractivity contribution is 0.770. The van der Waals surface area contributed by atoms with Gasteiger partial charge in [-0.15, -0.1) is 0 Å². The average molecular weight is 184 g/mol. The van der Waals surface area contributed by atoms with Gasteiger partial charge in [-0.05, 0) is 38.1 Å². The van der Waals surface area contributed by atoms with Gasteiger partial charge >= 0.3 is 0 Å². The van der Waals surface area contributed by atoms with E-state index in [2.05, 4.69) is 30.6 Å². The Hall–Kier alpha value is -1.75. The largest absolute Gasteiger partial charge is 0.345 e. The molecule has 2 rings (SSSR count). The first kappa shape index (κ1) is 8.83. The number of hydrogen-bond donors (Lipinski definition) is 0. The van der Waals surface area contributed by atoms with Gasteiger partial charge in [0.25, 0.3) is 0 Å². The standard InChI is InChI=1S/C12H12N2/c1-3-14-9(2)6-11-7-10(8-13)4-5-12(11)14/h4-7H,3H2,1-2H3. The van der Waals surface area contributed by atoms with E-state index in [9.17, 15) is 0 Å². The molecule has 1 aromatic carbocycles. The Kier molecular flexibility index (Phi) is 2.01. The van der Waals surface area contributed by atoms with Gasteiger partial charge in [-0.3, -0.25) is 0 Å². The summed E-state index contributed by atoms with van der Waals surface area (Å²) in [5.41, 5.74) is 3.19. The molecule has 0 radical (unpaired) electrons. The van der Waals surface area contributed by atoms with Gasteiger partial charge in [-0.1, -0.05) is 0 Å². The minimum atomic E-state index is 0.728. The van der Waals surface area contributed by atoms with E-state index in [0.29, 0.717) is 0 Å². The zero-order valence-corrected chi connectivity index (χ0v) is 8.41. The van der Waals surface area contributed by atoms with Crippen molar-refractivity contribution < 1.29 is 0 Å². The van der Waals surface area contributed by atoms with Crippen molar-refractivity contribution in [1.29, 1.82) is 5.26 Å². The summed E-state index contributed by atoms with van der Waals surface area (Å²) < 4.78 is 2.25. The van der Waals surface area contributed by atoms with Crippen LogP contribution in [0.2, 0.25) is 0 Å². The highest BCUT2D eigenvalue weighted by Crippen LogP contribution is 2.20. The molecule has 0 unspecified atom stereocenters. The molecule has 70 valence electrons. The Bertz CT molecular complexity index is 515. The first-order chi connectivity index (χ1) is 6.76. The molecule has 0 fully saturated rings. The predicted octanol–water partition coefficient (Wildman–Crippen LogP) is 2.84. The van der Waals surface area contributed by atoms with E-state index < -0.39 is 0 Å². The van der Waals surface area contributed by atoms with E-state index in [1.54, 1.807) is 0 Å². The average Bonchev–Trinajstić information content (AvgIpc) is 2.51. The van der Waals surface area contributed by atoms with Gasteiger partial charge in [0.2, 0.25) is 0 Å². The van der Waals surface area contributed by atoms with E-state index in [1.165, 1.54) is 11.2 Å². The first-order valence-electron chi connectivity index (χ1n) is 4.76. The molecule has 0 aliphatic heterocycles. The fourth-order valence-electron chi connectivity index (χ4n) is 1.90. The van der Waals surface area contributed by atoms with Crippen molar-refractivity contribution >= 4 is 10.9 Å². The van der Waals surface area contributed by atoms with E-state index in [4.69, 9.17) is 5.26 Å². The summed E-state index contributed by atoms with van der Waals surface area (Å²) in [5, 5.41) is 9.93. The molecule has 0 aliphatic carbocycles. The van der Waals surface area contributed by atoms with Crippen molar-refractivity contribution in [2.45, 2.75) is 20.4 Å². The molecule has 2 heteroatoms. The number of hydrogen-bond acceptors (Lipinski definition) is 1.